The molecule has 0 spiro atoms. The summed E-state index contributed by atoms with van der Waals surface area (Å²) in [7, 11) is 0. The van der Waals surface area contributed by atoms with Crippen molar-refractivity contribution in [1.82, 2.24) is 5.32 Å². The van der Waals surface area contributed by atoms with Crippen LogP contribution in [0.4, 0.5) is 0 Å². The molecule has 1 heterocycles. The Bertz CT molecular complexity index is 485. The van der Waals surface area contributed by atoms with Gasteiger partial charge in [0, 0.05) is 4.88 Å². The summed E-state index contributed by atoms with van der Waals surface area (Å²) < 4.78 is 0. The molecule has 0 unspecified atom stereocenters. The number of nitrogens with one attached hydrogen (secondary N) is 1. The van der Waals surface area contributed by atoms with Crippen molar-refractivity contribution < 1.29 is 14.7 Å². The predicted octanol–water partition coefficient (Wildman–Crippen LogP) is 2.85. The first-order chi connectivity index (χ1) is 8.66. The molecule has 0 aliphatic rings. The number of carbonyl (C=O) groups excluding carboxylic acids is 1. The van der Waals surface area contributed by atoms with Gasteiger partial charge in [0.1, 0.15) is 6.04 Å². The minimum absolute atomic E-state index is 0.310. The number of carboxylic acids is 1. The standard InChI is InChI=1S/C14H21NO3S/c1-6-9-7-10(19-8(9)2)12(16)15-11(13(17)18)14(3,4)5/h7,11H,6H2,1-5H3,(H,15,16)(H,17,18)/t11-/m1/s1. The average molecular weight is 283 g/mol. The third-order valence-corrected chi connectivity index (χ3v) is 4.11. The summed E-state index contributed by atoms with van der Waals surface area (Å²) in [6.07, 6.45) is 0.872. The number of amides is 1. The van der Waals surface area contributed by atoms with E-state index in [9.17, 15) is 14.7 Å². The Morgan fingerprint density at radius 2 is 2.00 bits per heavy atom. The first-order valence-electron chi connectivity index (χ1n) is 6.29. The topological polar surface area (TPSA) is 66.4 Å². The summed E-state index contributed by atoms with van der Waals surface area (Å²) in [5.74, 6) is -1.32. The second-order valence-corrected chi connectivity index (χ2v) is 6.91. The van der Waals surface area contributed by atoms with Crippen LogP contribution in [-0.2, 0) is 11.2 Å². The molecule has 0 aromatic carbocycles. The number of carboxylic acid groups (broad SMARTS) is 1. The molecule has 0 fully saturated rings. The van der Waals surface area contributed by atoms with Crippen LogP contribution < -0.4 is 5.32 Å². The zero-order chi connectivity index (χ0) is 14.8. The smallest absolute Gasteiger partial charge is 0.326 e. The van der Waals surface area contributed by atoms with Crippen LogP contribution in [0.15, 0.2) is 6.07 Å². The fourth-order valence-electron chi connectivity index (χ4n) is 1.83. The number of carbonyl (C=O) groups is 2. The van der Waals surface area contributed by atoms with Gasteiger partial charge in [-0.25, -0.2) is 4.79 Å². The molecule has 19 heavy (non-hydrogen) atoms. The van der Waals surface area contributed by atoms with Crippen molar-refractivity contribution in [2.75, 3.05) is 0 Å². The van der Waals surface area contributed by atoms with Crippen LogP contribution in [0.1, 0.15) is 47.8 Å². The summed E-state index contributed by atoms with van der Waals surface area (Å²) in [4.78, 5) is 25.0. The van der Waals surface area contributed by atoms with E-state index in [4.69, 9.17) is 0 Å². The largest absolute Gasteiger partial charge is 0.480 e. The van der Waals surface area contributed by atoms with Crippen LogP contribution >= 0.6 is 11.3 Å². The number of hydrogen-bond donors (Lipinski definition) is 2. The molecule has 0 aliphatic heterocycles. The van der Waals surface area contributed by atoms with Gasteiger partial charge in [-0.05, 0) is 30.4 Å². The van der Waals surface area contributed by atoms with Crippen molar-refractivity contribution in [3.63, 3.8) is 0 Å². The van der Waals surface area contributed by atoms with E-state index in [-0.39, 0.29) is 5.91 Å². The van der Waals surface area contributed by atoms with Gasteiger partial charge in [-0.2, -0.15) is 0 Å². The van der Waals surface area contributed by atoms with Crippen molar-refractivity contribution in [2.45, 2.75) is 47.1 Å². The molecule has 4 nitrogen and oxygen atoms in total. The normalized spacial score (nSPS) is 13.1. The quantitative estimate of drug-likeness (QED) is 0.893. The van der Waals surface area contributed by atoms with Gasteiger partial charge in [0.05, 0.1) is 4.88 Å². The van der Waals surface area contributed by atoms with Crippen molar-refractivity contribution in [3.8, 4) is 0 Å². The third kappa shape index (κ3) is 3.80. The Hall–Kier alpha value is -1.36. The first-order valence-corrected chi connectivity index (χ1v) is 7.11. The molecule has 5 heteroatoms. The Morgan fingerprint density at radius 1 is 1.42 bits per heavy atom. The lowest BCUT2D eigenvalue weighted by Gasteiger charge is -2.27. The summed E-state index contributed by atoms with van der Waals surface area (Å²) in [6, 6.07) is 0.948. The minimum atomic E-state index is -1.01. The fourth-order valence-corrected chi connectivity index (χ4v) is 2.85. The molecule has 0 saturated heterocycles. The lowest BCUT2D eigenvalue weighted by atomic mass is 9.87. The van der Waals surface area contributed by atoms with Crippen LogP contribution in [0.5, 0.6) is 0 Å². The molecule has 1 amide bonds. The molecule has 0 aliphatic carbocycles. The van der Waals surface area contributed by atoms with Crippen LogP contribution in [-0.4, -0.2) is 23.0 Å². The summed E-state index contributed by atoms with van der Waals surface area (Å²) in [5.41, 5.74) is 0.610. The number of thiophene rings is 1. The molecule has 0 radical (unpaired) electrons. The summed E-state index contributed by atoms with van der Waals surface area (Å²) in [5, 5.41) is 11.8. The maximum atomic E-state index is 12.1. The highest BCUT2D eigenvalue weighted by atomic mass is 32.1. The Balaban J connectivity index is 2.91. The van der Waals surface area contributed by atoms with Crippen LogP contribution in [0.3, 0.4) is 0 Å². The Morgan fingerprint density at radius 3 is 2.37 bits per heavy atom. The maximum Gasteiger partial charge on any atom is 0.326 e. The molecule has 2 N–H and O–H groups in total. The Labute approximate surface area is 117 Å². The van der Waals surface area contributed by atoms with Crippen molar-refractivity contribution >= 4 is 23.2 Å². The van der Waals surface area contributed by atoms with E-state index in [2.05, 4.69) is 5.32 Å². The molecule has 1 aromatic heterocycles. The predicted molar refractivity (Wildman–Crippen MR) is 76.8 cm³/mol. The third-order valence-electron chi connectivity index (χ3n) is 3.01. The van der Waals surface area contributed by atoms with Gasteiger partial charge >= 0.3 is 5.97 Å². The van der Waals surface area contributed by atoms with Crippen LogP contribution in [0.2, 0.25) is 0 Å². The highest BCUT2D eigenvalue weighted by Gasteiger charge is 2.33. The van der Waals surface area contributed by atoms with Gasteiger partial charge < -0.3 is 10.4 Å². The van der Waals surface area contributed by atoms with Crippen molar-refractivity contribution in [2.24, 2.45) is 5.41 Å². The number of aliphatic carboxylic acids is 1. The SMILES string of the molecule is CCc1cc(C(=O)N[C@H](C(=O)O)C(C)(C)C)sc1C. The lowest BCUT2D eigenvalue weighted by molar-refractivity contribution is -0.142. The molecule has 1 aromatic rings. The van der Waals surface area contributed by atoms with Crippen LogP contribution in [0, 0.1) is 12.3 Å². The molecular weight excluding hydrogens is 262 g/mol. The molecule has 0 saturated carbocycles. The lowest BCUT2D eigenvalue weighted by Crippen LogP contribution is -2.48. The number of rotatable bonds is 4. The first kappa shape index (κ1) is 15.7. The number of aryl methyl sites for hydroxylation is 2. The molecule has 1 rings (SSSR count). The molecule has 1 atom stereocenters. The van der Waals surface area contributed by atoms with Gasteiger partial charge in [-0.3, -0.25) is 4.79 Å². The van der Waals surface area contributed by atoms with E-state index < -0.39 is 17.4 Å². The highest BCUT2D eigenvalue weighted by Crippen LogP contribution is 2.24. The Kier molecular flexibility index (Phi) is 4.74. The summed E-state index contributed by atoms with van der Waals surface area (Å²) in [6.45, 7) is 9.39. The zero-order valence-corrected chi connectivity index (χ0v) is 12.9. The van der Waals surface area contributed by atoms with E-state index in [1.54, 1.807) is 20.8 Å². The van der Waals surface area contributed by atoms with Gasteiger partial charge in [0.25, 0.3) is 5.91 Å². The van der Waals surface area contributed by atoms with E-state index in [0.29, 0.717) is 4.88 Å². The fraction of sp³-hybridized carbons (Fsp3) is 0.571. The van der Waals surface area contributed by atoms with Gasteiger partial charge in [0.15, 0.2) is 0 Å². The van der Waals surface area contributed by atoms with Gasteiger partial charge in [-0.15, -0.1) is 11.3 Å². The van der Waals surface area contributed by atoms with Gasteiger partial charge in [0.2, 0.25) is 0 Å². The van der Waals surface area contributed by atoms with E-state index >= 15 is 0 Å². The van der Waals surface area contributed by atoms with Crippen molar-refractivity contribution in [1.29, 1.82) is 0 Å². The second-order valence-electron chi connectivity index (χ2n) is 5.66. The zero-order valence-electron chi connectivity index (χ0n) is 12.0. The summed E-state index contributed by atoms with van der Waals surface area (Å²) >= 11 is 1.41. The van der Waals surface area contributed by atoms with E-state index in [1.807, 2.05) is 19.9 Å². The van der Waals surface area contributed by atoms with E-state index in [0.717, 1.165) is 16.9 Å². The second kappa shape index (κ2) is 5.74. The monoisotopic (exact) mass is 283 g/mol. The van der Waals surface area contributed by atoms with Crippen molar-refractivity contribution in [3.05, 3.63) is 21.4 Å². The average Bonchev–Trinajstić information content (AvgIpc) is 2.65. The molecule has 0 bridgehead atoms. The molecular formula is C14H21NO3S. The van der Waals surface area contributed by atoms with E-state index in [1.165, 1.54) is 11.3 Å². The highest BCUT2D eigenvalue weighted by molar-refractivity contribution is 7.14. The minimum Gasteiger partial charge on any atom is -0.480 e. The number of hydrogen-bond acceptors (Lipinski definition) is 3. The van der Waals surface area contributed by atoms with Gasteiger partial charge in [-0.1, -0.05) is 27.7 Å². The maximum absolute atomic E-state index is 12.1. The van der Waals surface area contributed by atoms with Crippen LogP contribution in [0.25, 0.3) is 0 Å². The molecule has 106 valence electrons.